The predicted molar refractivity (Wildman–Crippen MR) is 93.8 cm³/mol. The molecule has 2 aliphatic heterocycles. The Labute approximate surface area is 157 Å². The van der Waals surface area contributed by atoms with E-state index in [9.17, 15) is 10.2 Å². The van der Waals surface area contributed by atoms with E-state index in [-0.39, 0.29) is 24.5 Å². The summed E-state index contributed by atoms with van der Waals surface area (Å²) in [5.74, 6) is -0.297. The minimum Gasteiger partial charge on any atom is -0.488 e. The fraction of sp³-hybridized carbons (Fsp3) is 0.579. The number of hydrogen-bond donors (Lipinski definition) is 2. The molecule has 7 heteroatoms. The molecule has 0 amide bonds. The first-order valence-electron chi connectivity index (χ1n) is 8.92. The lowest BCUT2D eigenvalue weighted by Crippen LogP contribution is -2.35. The highest BCUT2D eigenvalue weighted by atomic mass is 35.5. The molecule has 4 rings (SSSR count). The molecule has 0 radical (unpaired) electrons. The van der Waals surface area contributed by atoms with Gasteiger partial charge in [0, 0.05) is 23.8 Å². The number of aliphatic hydroxyl groups excluding tert-OH is 2. The van der Waals surface area contributed by atoms with Gasteiger partial charge >= 0.3 is 0 Å². The minimum absolute atomic E-state index is 0.0960. The molecule has 142 valence electrons. The van der Waals surface area contributed by atoms with Crippen molar-refractivity contribution in [3.63, 3.8) is 0 Å². The van der Waals surface area contributed by atoms with Crippen LogP contribution in [0, 0.1) is 11.8 Å². The highest BCUT2D eigenvalue weighted by molar-refractivity contribution is 6.30. The molecule has 6 nitrogen and oxygen atoms in total. The number of rotatable bonds is 5. The van der Waals surface area contributed by atoms with Gasteiger partial charge in [-0.3, -0.25) is 0 Å². The van der Waals surface area contributed by atoms with Gasteiger partial charge in [-0.2, -0.15) is 0 Å². The fourth-order valence-electron chi connectivity index (χ4n) is 4.00. The standard InChI is InChI=1S/C19H23ClO6/c20-12-1-3-13(4-2-12)23-11-19(24-7-8-25-19)6-5-14-15-9-18(22)26-17(15)10-16(14)21/h1-6,14-18,21-22H,7-11H2/b6-5+/t14-,15-,16-,17+,18?/m1/s1. The number of hydrogen-bond acceptors (Lipinski definition) is 6. The van der Waals surface area contributed by atoms with Crippen molar-refractivity contribution in [2.45, 2.75) is 37.1 Å². The number of aliphatic hydroxyl groups is 2. The van der Waals surface area contributed by atoms with Crippen molar-refractivity contribution in [1.29, 1.82) is 0 Å². The molecule has 5 atom stereocenters. The second kappa shape index (κ2) is 7.46. The normalized spacial score (nSPS) is 35.9. The Balaban J connectivity index is 1.44. The van der Waals surface area contributed by atoms with E-state index in [4.69, 9.17) is 30.5 Å². The van der Waals surface area contributed by atoms with Crippen molar-refractivity contribution >= 4 is 11.6 Å². The molecule has 3 aliphatic rings. The zero-order valence-electron chi connectivity index (χ0n) is 14.3. The Morgan fingerprint density at radius 1 is 1.15 bits per heavy atom. The van der Waals surface area contributed by atoms with Crippen LogP contribution in [0.5, 0.6) is 5.75 Å². The van der Waals surface area contributed by atoms with Crippen LogP contribution in [0.3, 0.4) is 0 Å². The first-order valence-corrected chi connectivity index (χ1v) is 9.30. The number of halogens is 1. The molecule has 2 heterocycles. The van der Waals surface area contributed by atoms with Gasteiger partial charge in [-0.1, -0.05) is 17.7 Å². The van der Waals surface area contributed by atoms with Gasteiger partial charge in [-0.05, 0) is 36.3 Å². The first-order chi connectivity index (χ1) is 12.5. The lowest BCUT2D eigenvalue weighted by atomic mass is 9.91. The van der Waals surface area contributed by atoms with E-state index >= 15 is 0 Å². The van der Waals surface area contributed by atoms with Crippen LogP contribution in [0.15, 0.2) is 36.4 Å². The molecule has 0 bridgehead atoms. The fourth-order valence-corrected chi connectivity index (χ4v) is 4.13. The Morgan fingerprint density at radius 2 is 1.88 bits per heavy atom. The van der Waals surface area contributed by atoms with Crippen LogP contribution in [0.2, 0.25) is 5.02 Å². The topological polar surface area (TPSA) is 77.4 Å². The smallest absolute Gasteiger partial charge is 0.223 e. The van der Waals surface area contributed by atoms with Crippen LogP contribution in [-0.2, 0) is 14.2 Å². The molecule has 1 aromatic carbocycles. The van der Waals surface area contributed by atoms with Crippen LogP contribution < -0.4 is 4.74 Å². The molecule has 0 spiro atoms. The van der Waals surface area contributed by atoms with Crippen molar-refractivity contribution < 1.29 is 29.2 Å². The van der Waals surface area contributed by atoms with Crippen LogP contribution in [0.1, 0.15) is 12.8 Å². The maximum absolute atomic E-state index is 10.3. The lowest BCUT2D eigenvalue weighted by molar-refractivity contribution is -0.139. The van der Waals surface area contributed by atoms with Gasteiger partial charge in [0.2, 0.25) is 5.79 Å². The molecule has 1 aliphatic carbocycles. The van der Waals surface area contributed by atoms with Crippen molar-refractivity contribution in [1.82, 2.24) is 0 Å². The van der Waals surface area contributed by atoms with E-state index in [0.29, 0.717) is 36.8 Å². The quantitative estimate of drug-likeness (QED) is 0.760. The number of fused-ring (bicyclic) bond motifs is 1. The summed E-state index contributed by atoms with van der Waals surface area (Å²) in [5, 5.41) is 20.7. The van der Waals surface area contributed by atoms with Crippen LogP contribution in [-0.4, -0.2) is 54.3 Å². The largest absolute Gasteiger partial charge is 0.488 e. The van der Waals surface area contributed by atoms with Crippen LogP contribution in [0.25, 0.3) is 0 Å². The lowest BCUT2D eigenvalue weighted by Gasteiger charge is -2.25. The van der Waals surface area contributed by atoms with Gasteiger partial charge in [-0.15, -0.1) is 0 Å². The third kappa shape index (κ3) is 3.76. The summed E-state index contributed by atoms with van der Waals surface area (Å²) >= 11 is 5.89. The summed E-state index contributed by atoms with van der Waals surface area (Å²) < 4.78 is 22.9. The number of ether oxygens (including phenoxy) is 4. The third-order valence-corrected chi connectivity index (χ3v) is 5.55. The molecule has 3 fully saturated rings. The molecule has 0 aromatic heterocycles. The van der Waals surface area contributed by atoms with Gasteiger partial charge in [0.1, 0.15) is 12.4 Å². The van der Waals surface area contributed by atoms with E-state index in [2.05, 4.69) is 0 Å². The molecule has 2 N–H and O–H groups in total. The monoisotopic (exact) mass is 382 g/mol. The molecule has 1 saturated carbocycles. The summed E-state index contributed by atoms with van der Waals surface area (Å²) in [6.45, 7) is 1.16. The average molecular weight is 383 g/mol. The summed E-state index contributed by atoms with van der Waals surface area (Å²) in [5.41, 5.74) is 0. The Kier molecular flexibility index (Phi) is 5.23. The van der Waals surface area contributed by atoms with Gasteiger partial charge in [0.15, 0.2) is 6.29 Å². The Bertz CT molecular complexity index is 642. The maximum atomic E-state index is 10.3. The van der Waals surface area contributed by atoms with E-state index in [1.165, 1.54) is 0 Å². The van der Waals surface area contributed by atoms with E-state index in [1.807, 2.05) is 12.2 Å². The third-order valence-electron chi connectivity index (χ3n) is 5.30. The van der Waals surface area contributed by atoms with Gasteiger partial charge in [0.05, 0.1) is 25.4 Å². The molecule has 26 heavy (non-hydrogen) atoms. The molecule has 2 saturated heterocycles. The van der Waals surface area contributed by atoms with Crippen LogP contribution in [0.4, 0.5) is 0 Å². The van der Waals surface area contributed by atoms with Crippen molar-refractivity contribution in [3.8, 4) is 5.75 Å². The van der Waals surface area contributed by atoms with E-state index in [1.54, 1.807) is 24.3 Å². The van der Waals surface area contributed by atoms with Crippen molar-refractivity contribution in [2.24, 2.45) is 11.8 Å². The molecular formula is C19H23ClO6. The zero-order chi connectivity index (χ0) is 18.1. The highest BCUT2D eigenvalue weighted by Gasteiger charge is 2.48. The second-order valence-corrected chi connectivity index (χ2v) is 7.46. The second-order valence-electron chi connectivity index (χ2n) is 7.02. The SMILES string of the molecule is OC1C[C@@H]2[C@@H](/C=C/C3(COc4ccc(Cl)cc4)OCCO3)[C@H](O)C[C@@H]2O1. The zero-order valence-corrected chi connectivity index (χ0v) is 15.0. The highest BCUT2D eigenvalue weighted by Crippen LogP contribution is 2.43. The predicted octanol–water partition coefficient (Wildman–Crippen LogP) is 2.12. The molecule has 1 aromatic rings. The summed E-state index contributed by atoms with van der Waals surface area (Å²) in [6, 6.07) is 7.10. The van der Waals surface area contributed by atoms with Gasteiger partial charge in [-0.25, -0.2) is 0 Å². The first kappa shape index (κ1) is 18.2. The van der Waals surface area contributed by atoms with Gasteiger partial charge in [0.25, 0.3) is 0 Å². The minimum atomic E-state index is -0.977. The molecule has 1 unspecified atom stereocenters. The van der Waals surface area contributed by atoms with E-state index < -0.39 is 18.2 Å². The Morgan fingerprint density at radius 3 is 2.62 bits per heavy atom. The summed E-state index contributed by atoms with van der Waals surface area (Å²) in [7, 11) is 0. The van der Waals surface area contributed by atoms with Crippen molar-refractivity contribution in [3.05, 3.63) is 41.4 Å². The van der Waals surface area contributed by atoms with Crippen molar-refractivity contribution in [2.75, 3.05) is 19.8 Å². The Hall–Kier alpha value is -1.15. The maximum Gasteiger partial charge on any atom is 0.223 e. The van der Waals surface area contributed by atoms with Gasteiger partial charge < -0.3 is 29.2 Å². The van der Waals surface area contributed by atoms with Crippen LogP contribution >= 0.6 is 11.6 Å². The average Bonchev–Trinajstić information content (AvgIpc) is 3.28. The van der Waals surface area contributed by atoms with E-state index in [0.717, 1.165) is 0 Å². The summed E-state index contributed by atoms with van der Waals surface area (Å²) in [6.07, 6.45) is 3.49. The summed E-state index contributed by atoms with van der Waals surface area (Å²) in [4.78, 5) is 0. The molecular weight excluding hydrogens is 360 g/mol. The number of benzene rings is 1.